The molecule has 1 fully saturated rings. The van der Waals surface area contributed by atoms with Crippen LogP contribution in [0.2, 0.25) is 0 Å². The fraction of sp³-hybridized carbons (Fsp3) is 0.333. The number of carbonyl (C=O) groups excluding carboxylic acids is 1. The minimum atomic E-state index is -1.12. The predicted molar refractivity (Wildman–Crippen MR) is 73.9 cm³/mol. The highest BCUT2D eigenvalue weighted by atomic mass is 79.9. The highest BCUT2D eigenvalue weighted by molar-refractivity contribution is 9.10. The molecule has 1 amide bonds. The van der Waals surface area contributed by atoms with Gasteiger partial charge in [-0.25, -0.2) is 4.79 Å². The van der Waals surface area contributed by atoms with E-state index in [1.54, 1.807) is 30.0 Å². The zero-order valence-electron chi connectivity index (χ0n) is 9.48. The van der Waals surface area contributed by atoms with Crippen LogP contribution >= 0.6 is 27.7 Å². The maximum Gasteiger partial charge on any atom is 0.330 e. The van der Waals surface area contributed by atoms with E-state index >= 15 is 0 Å². The van der Waals surface area contributed by atoms with Crippen molar-refractivity contribution in [3.05, 3.63) is 34.3 Å². The van der Waals surface area contributed by atoms with Crippen LogP contribution in [0.1, 0.15) is 16.8 Å². The van der Waals surface area contributed by atoms with Crippen LogP contribution < -0.4 is 5.32 Å². The second kappa shape index (κ2) is 5.32. The van der Waals surface area contributed by atoms with Crippen molar-refractivity contribution in [3.8, 4) is 0 Å². The average molecular weight is 330 g/mol. The molecule has 1 heterocycles. The summed E-state index contributed by atoms with van der Waals surface area (Å²) < 4.78 is 0.792. The average Bonchev–Trinajstić information content (AvgIpc) is 2.79. The Labute approximate surface area is 117 Å². The fourth-order valence-corrected chi connectivity index (χ4v) is 3.53. The van der Waals surface area contributed by atoms with Gasteiger partial charge < -0.3 is 10.4 Å². The van der Waals surface area contributed by atoms with Crippen molar-refractivity contribution in [2.45, 2.75) is 12.0 Å². The van der Waals surface area contributed by atoms with E-state index in [0.717, 1.165) is 10.2 Å². The van der Waals surface area contributed by atoms with Crippen LogP contribution in [0.15, 0.2) is 28.7 Å². The monoisotopic (exact) mass is 329 g/mol. The molecule has 0 radical (unpaired) electrons. The van der Waals surface area contributed by atoms with Gasteiger partial charge in [-0.2, -0.15) is 11.8 Å². The molecule has 1 saturated heterocycles. The normalized spacial score (nSPS) is 22.7. The van der Waals surface area contributed by atoms with E-state index in [-0.39, 0.29) is 5.91 Å². The number of halogens is 1. The molecule has 0 aromatic heterocycles. The van der Waals surface area contributed by atoms with Gasteiger partial charge in [0.25, 0.3) is 5.91 Å². The van der Waals surface area contributed by atoms with Crippen LogP contribution in [0.3, 0.4) is 0 Å². The lowest BCUT2D eigenvalue weighted by Gasteiger charge is -2.24. The molecular weight excluding hydrogens is 318 g/mol. The second-order valence-electron chi connectivity index (χ2n) is 4.15. The number of hydrogen-bond acceptors (Lipinski definition) is 3. The van der Waals surface area contributed by atoms with Crippen LogP contribution in [0, 0.1) is 0 Å². The van der Waals surface area contributed by atoms with Gasteiger partial charge in [-0.15, -0.1) is 0 Å². The molecule has 1 aromatic rings. The molecule has 1 aliphatic rings. The number of rotatable bonds is 3. The SMILES string of the molecule is O=C(NC1(C(=O)O)CCSC1)c1cccc(Br)c1. The fourth-order valence-electron chi connectivity index (χ4n) is 1.80. The summed E-state index contributed by atoms with van der Waals surface area (Å²) in [6.45, 7) is 0. The molecule has 2 N–H and O–H groups in total. The summed E-state index contributed by atoms with van der Waals surface area (Å²) in [5.74, 6) is -0.135. The van der Waals surface area contributed by atoms with Gasteiger partial charge in [0.2, 0.25) is 0 Å². The van der Waals surface area contributed by atoms with Gasteiger partial charge in [-0.05, 0) is 30.4 Å². The lowest BCUT2D eigenvalue weighted by molar-refractivity contribution is -0.143. The van der Waals surface area contributed by atoms with Crippen molar-refractivity contribution < 1.29 is 14.7 Å². The Morgan fingerprint density at radius 1 is 1.44 bits per heavy atom. The van der Waals surface area contributed by atoms with E-state index in [0.29, 0.717) is 17.7 Å². The van der Waals surface area contributed by atoms with Gasteiger partial charge in [0.1, 0.15) is 5.54 Å². The van der Waals surface area contributed by atoms with Crippen LogP contribution in [-0.2, 0) is 4.79 Å². The molecule has 0 bridgehead atoms. The number of carboxylic acids is 1. The van der Waals surface area contributed by atoms with Crippen molar-refractivity contribution >= 4 is 39.6 Å². The van der Waals surface area contributed by atoms with E-state index in [2.05, 4.69) is 21.2 Å². The van der Waals surface area contributed by atoms with Crippen molar-refractivity contribution in [1.29, 1.82) is 0 Å². The minimum absolute atomic E-state index is 0.346. The number of hydrogen-bond donors (Lipinski definition) is 2. The quantitative estimate of drug-likeness (QED) is 0.891. The Hall–Kier alpha value is -1.01. The van der Waals surface area contributed by atoms with Gasteiger partial charge in [0, 0.05) is 15.8 Å². The van der Waals surface area contributed by atoms with Crippen LogP contribution in [-0.4, -0.2) is 34.0 Å². The van der Waals surface area contributed by atoms with Gasteiger partial charge in [-0.3, -0.25) is 4.79 Å². The summed E-state index contributed by atoms with van der Waals surface area (Å²) >= 11 is 4.83. The summed E-state index contributed by atoms with van der Waals surface area (Å²) in [5.41, 5.74) is -0.661. The molecule has 1 aromatic carbocycles. The molecule has 1 atom stereocenters. The molecule has 0 saturated carbocycles. The van der Waals surface area contributed by atoms with Crippen molar-refractivity contribution in [1.82, 2.24) is 5.32 Å². The van der Waals surface area contributed by atoms with E-state index in [1.807, 2.05) is 6.07 Å². The number of aliphatic carboxylic acids is 1. The maximum atomic E-state index is 12.1. The van der Waals surface area contributed by atoms with Crippen molar-refractivity contribution in [3.63, 3.8) is 0 Å². The molecule has 96 valence electrons. The van der Waals surface area contributed by atoms with E-state index in [4.69, 9.17) is 0 Å². The number of carbonyl (C=O) groups is 2. The van der Waals surface area contributed by atoms with Crippen LogP contribution in [0.4, 0.5) is 0 Å². The highest BCUT2D eigenvalue weighted by Gasteiger charge is 2.43. The lowest BCUT2D eigenvalue weighted by atomic mass is 9.98. The smallest absolute Gasteiger partial charge is 0.330 e. The van der Waals surface area contributed by atoms with Crippen LogP contribution in [0.5, 0.6) is 0 Å². The molecule has 0 aliphatic carbocycles. The number of benzene rings is 1. The Morgan fingerprint density at radius 3 is 2.78 bits per heavy atom. The Kier molecular flexibility index (Phi) is 3.97. The Morgan fingerprint density at radius 2 is 2.22 bits per heavy atom. The minimum Gasteiger partial charge on any atom is -0.479 e. The standard InChI is InChI=1S/C12H12BrNO3S/c13-9-3-1-2-8(6-9)10(15)14-12(11(16)17)4-5-18-7-12/h1-3,6H,4-5,7H2,(H,14,15)(H,16,17). The number of thioether (sulfide) groups is 1. The van der Waals surface area contributed by atoms with E-state index in [9.17, 15) is 14.7 Å². The van der Waals surface area contributed by atoms with Gasteiger partial charge in [0.15, 0.2) is 0 Å². The summed E-state index contributed by atoms with van der Waals surface area (Å²) in [7, 11) is 0. The molecule has 1 aliphatic heterocycles. The zero-order valence-corrected chi connectivity index (χ0v) is 11.9. The van der Waals surface area contributed by atoms with E-state index < -0.39 is 11.5 Å². The predicted octanol–water partition coefficient (Wildman–Crippen LogP) is 2.14. The first kappa shape index (κ1) is 13.4. The molecular formula is C12H12BrNO3S. The number of nitrogens with one attached hydrogen (secondary N) is 1. The van der Waals surface area contributed by atoms with Gasteiger partial charge >= 0.3 is 5.97 Å². The van der Waals surface area contributed by atoms with E-state index in [1.165, 1.54) is 0 Å². The first-order valence-corrected chi connectivity index (χ1v) is 7.37. The Balaban J connectivity index is 2.18. The topological polar surface area (TPSA) is 66.4 Å². The third-order valence-corrected chi connectivity index (χ3v) is 4.55. The molecule has 2 rings (SSSR count). The lowest BCUT2D eigenvalue weighted by Crippen LogP contribution is -2.54. The molecule has 18 heavy (non-hydrogen) atoms. The Bertz CT molecular complexity index is 486. The largest absolute Gasteiger partial charge is 0.479 e. The number of carboxylic acid groups (broad SMARTS) is 1. The first-order chi connectivity index (χ1) is 8.53. The van der Waals surface area contributed by atoms with Gasteiger partial charge in [0.05, 0.1) is 0 Å². The molecule has 1 unspecified atom stereocenters. The summed E-state index contributed by atoms with van der Waals surface area (Å²) in [5, 5.41) is 11.9. The molecule has 4 nitrogen and oxygen atoms in total. The van der Waals surface area contributed by atoms with Crippen molar-refractivity contribution in [2.24, 2.45) is 0 Å². The zero-order chi connectivity index (χ0) is 13.2. The van der Waals surface area contributed by atoms with Crippen LogP contribution in [0.25, 0.3) is 0 Å². The van der Waals surface area contributed by atoms with Crippen molar-refractivity contribution in [2.75, 3.05) is 11.5 Å². The maximum absolute atomic E-state index is 12.1. The summed E-state index contributed by atoms with van der Waals surface area (Å²) in [6.07, 6.45) is 0.465. The summed E-state index contributed by atoms with van der Waals surface area (Å²) in [4.78, 5) is 23.4. The number of amides is 1. The van der Waals surface area contributed by atoms with Gasteiger partial charge in [-0.1, -0.05) is 22.0 Å². The first-order valence-electron chi connectivity index (χ1n) is 5.43. The molecule has 6 heteroatoms. The second-order valence-corrected chi connectivity index (χ2v) is 6.18. The summed E-state index contributed by atoms with van der Waals surface area (Å²) in [6, 6.07) is 6.90. The highest BCUT2D eigenvalue weighted by Crippen LogP contribution is 2.28. The molecule has 0 spiro atoms. The third-order valence-electron chi connectivity index (χ3n) is 2.87. The third kappa shape index (κ3) is 2.70.